The summed E-state index contributed by atoms with van der Waals surface area (Å²) >= 11 is 0. The van der Waals surface area contributed by atoms with Gasteiger partial charge in [0.25, 0.3) is 0 Å². The van der Waals surface area contributed by atoms with Crippen molar-refractivity contribution in [2.75, 3.05) is 0 Å². The van der Waals surface area contributed by atoms with Gasteiger partial charge in [-0.1, -0.05) is 56.5 Å². The minimum atomic E-state index is 0.594. The molecule has 0 aliphatic carbocycles. The van der Waals surface area contributed by atoms with Crippen molar-refractivity contribution in [1.82, 2.24) is 5.32 Å². The van der Waals surface area contributed by atoms with Crippen LogP contribution in [0.15, 0.2) is 24.3 Å². The van der Waals surface area contributed by atoms with E-state index in [4.69, 9.17) is 0 Å². The molecule has 0 bridgehead atoms. The van der Waals surface area contributed by atoms with Gasteiger partial charge in [-0.25, -0.2) is 0 Å². The molecule has 2 atom stereocenters. The number of benzene rings is 1. The minimum absolute atomic E-state index is 0.594. The van der Waals surface area contributed by atoms with Crippen LogP contribution >= 0.6 is 0 Å². The second-order valence-corrected chi connectivity index (χ2v) is 5.96. The predicted octanol–water partition coefficient (Wildman–Crippen LogP) is 4.73. The summed E-state index contributed by atoms with van der Waals surface area (Å²) in [6, 6.07) is 10.1. The predicted molar refractivity (Wildman–Crippen MR) is 85.6 cm³/mol. The van der Waals surface area contributed by atoms with Crippen LogP contribution in [-0.2, 0) is 6.42 Å². The Labute approximate surface area is 119 Å². The molecule has 108 valence electrons. The first-order chi connectivity index (χ1) is 9.06. The zero-order valence-corrected chi connectivity index (χ0v) is 13.4. The van der Waals surface area contributed by atoms with Gasteiger partial charge in [-0.15, -0.1) is 0 Å². The van der Waals surface area contributed by atoms with E-state index in [0.29, 0.717) is 12.1 Å². The fraction of sp³-hybridized carbons (Fsp3) is 0.667. The first-order valence-electron chi connectivity index (χ1n) is 7.88. The van der Waals surface area contributed by atoms with E-state index in [1.807, 2.05) is 0 Å². The monoisotopic (exact) mass is 261 g/mol. The third-order valence-corrected chi connectivity index (χ3v) is 4.25. The van der Waals surface area contributed by atoms with Crippen LogP contribution in [-0.4, -0.2) is 12.1 Å². The maximum absolute atomic E-state index is 3.77. The average molecular weight is 261 g/mol. The third kappa shape index (κ3) is 5.78. The van der Waals surface area contributed by atoms with E-state index in [1.54, 1.807) is 0 Å². The Morgan fingerprint density at radius 2 is 1.79 bits per heavy atom. The number of nitrogens with one attached hydrogen (secondary N) is 1. The van der Waals surface area contributed by atoms with Gasteiger partial charge in [0.15, 0.2) is 0 Å². The fourth-order valence-corrected chi connectivity index (χ4v) is 2.91. The van der Waals surface area contributed by atoms with E-state index in [-0.39, 0.29) is 0 Å². The number of aryl methyl sites for hydroxylation is 2. The van der Waals surface area contributed by atoms with Gasteiger partial charge in [0, 0.05) is 12.1 Å². The Kier molecular flexibility index (Phi) is 7.15. The van der Waals surface area contributed by atoms with E-state index in [0.717, 1.165) is 5.92 Å². The molecule has 1 aromatic rings. The van der Waals surface area contributed by atoms with Crippen LogP contribution in [0.25, 0.3) is 0 Å². The van der Waals surface area contributed by atoms with Crippen LogP contribution in [0.4, 0.5) is 0 Å². The van der Waals surface area contributed by atoms with Crippen LogP contribution in [0.2, 0.25) is 0 Å². The van der Waals surface area contributed by atoms with Crippen molar-refractivity contribution < 1.29 is 0 Å². The van der Waals surface area contributed by atoms with Crippen LogP contribution in [0.5, 0.6) is 0 Å². The van der Waals surface area contributed by atoms with Gasteiger partial charge in [0.05, 0.1) is 0 Å². The second kappa shape index (κ2) is 8.37. The first-order valence-corrected chi connectivity index (χ1v) is 7.88. The van der Waals surface area contributed by atoms with Crippen LogP contribution in [0, 0.1) is 12.8 Å². The number of rotatable bonds is 8. The van der Waals surface area contributed by atoms with Gasteiger partial charge in [0.1, 0.15) is 0 Å². The largest absolute Gasteiger partial charge is 0.311 e. The normalized spacial score (nSPS) is 14.6. The van der Waals surface area contributed by atoms with Gasteiger partial charge in [-0.05, 0) is 45.1 Å². The van der Waals surface area contributed by atoms with E-state index < -0.39 is 0 Å². The molecule has 0 amide bonds. The Morgan fingerprint density at radius 3 is 2.37 bits per heavy atom. The highest BCUT2D eigenvalue weighted by molar-refractivity contribution is 5.22. The Hall–Kier alpha value is -0.820. The molecule has 1 N–H and O–H groups in total. The summed E-state index contributed by atoms with van der Waals surface area (Å²) in [4.78, 5) is 0. The van der Waals surface area contributed by atoms with E-state index in [1.165, 1.54) is 36.8 Å². The maximum Gasteiger partial charge on any atom is 0.00692 e. The summed E-state index contributed by atoms with van der Waals surface area (Å²) in [5.74, 6) is 0.807. The lowest BCUT2D eigenvalue weighted by Gasteiger charge is -2.26. The topological polar surface area (TPSA) is 12.0 Å². The Balaban J connectivity index is 2.37. The quantitative estimate of drug-likeness (QED) is 0.713. The lowest BCUT2D eigenvalue weighted by molar-refractivity contribution is 0.321. The zero-order valence-electron chi connectivity index (χ0n) is 13.4. The lowest BCUT2D eigenvalue weighted by atomic mass is 9.94. The van der Waals surface area contributed by atoms with Crippen molar-refractivity contribution >= 4 is 0 Å². The number of hydrogen-bond acceptors (Lipinski definition) is 1. The summed E-state index contributed by atoms with van der Waals surface area (Å²) < 4.78 is 0. The van der Waals surface area contributed by atoms with Crippen molar-refractivity contribution in [3.05, 3.63) is 35.4 Å². The molecule has 1 heteroatoms. The molecule has 1 aromatic carbocycles. The van der Waals surface area contributed by atoms with Gasteiger partial charge < -0.3 is 5.32 Å². The van der Waals surface area contributed by atoms with Gasteiger partial charge in [-0.2, -0.15) is 0 Å². The highest BCUT2D eigenvalue weighted by atomic mass is 14.9. The standard InChI is InChI=1S/C18H31N/c1-6-18(7-2)16(5)19-15(4)11-12-17-10-8-9-14(3)13-17/h8-10,13,15-16,18-19H,6-7,11-12H2,1-5H3. The van der Waals surface area contributed by atoms with Crippen molar-refractivity contribution in [1.29, 1.82) is 0 Å². The fourth-order valence-electron chi connectivity index (χ4n) is 2.91. The Morgan fingerprint density at radius 1 is 1.11 bits per heavy atom. The summed E-state index contributed by atoms with van der Waals surface area (Å²) in [6.07, 6.45) is 4.93. The Bertz CT molecular complexity index is 354. The second-order valence-electron chi connectivity index (χ2n) is 5.96. The highest BCUT2D eigenvalue weighted by Crippen LogP contribution is 2.14. The summed E-state index contributed by atoms with van der Waals surface area (Å²) in [5, 5.41) is 3.77. The smallest absolute Gasteiger partial charge is 0.00692 e. The summed E-state index contributed by atoms with van der Waals surface area (Å²) in [6.45, 7) is 11.4. The molecular formula is C18H31N. The molecule has 1 rings (SSSR count). The highest BCUT2D eigenvalue weighted by Gasteiger charge is 2.15. The van der Waals surface area contributed by atoms with E-state index >= 15 is 0 Å². The van der Waals surface area contributed by atoms with E-state index in [2.05, 4.69) is 64.2 Å². The zero-order chi connectivity index (χ0) is 14.3. The SMILES string of the molecule is CCC(CC)C(C)NC(C)CCc1cccc(C)c1. The van der Waals surface area contributed by atoms with Crippen LogP contribution < -0.4 is 5.32 Å². The molecule has 0 aliphatic heterocycles. The molecule has 1 nitrogen and oxygen atoms in total. The summed E-state index contributed by atoms with van der Waals surface area (Å²) in [5.41, 5.74) is 2.83. The number of hydrogen-bond donors (Lipinski definition) is 1. The molecule has 0 spiro atoms. The molecule has 0 saturated heterocycles. The molecule has 2 unspecified atom stereocenters. The molecule has 0 heterocycles. The molecule has 0 radical (unpaired) electrons. The molecule has 0 aliphatic rings. The van der Waals surface area contributed by atoms with Crippen LogP contribution in [0.3, 0.4) is 0 Å². The van der Waals surface area contributed by atoms with Crippen molar-refractivity contribution in [2.24, 2.45) is 5.92 Å². The lowest BCUT2D eigenvalue weighted by Crippen LogP contribution is -2.39. The minimum Gasteiger partial charge on any atom is -0.311 e. The molecule has 0 fully saturated rings. The van der Waals surface area contributed by atoms with Crippen LogP contribution in [0.1, 0.15) is 58.1 Å². The molecule has 0 saturated carbocycles. The van der Waals surface area contributed by atoms with Gasteiger partial charge in [0.2, 0.25) is 0 Å². The molecular weight excluding hydrogens is 230 g/mol. The molecule has 0 aromatic heterocycles. The summed E-state index contributed by atoms with van der Waals surface area (Å²) in [7, 11) is 0. The molecule has 19 heavy (non-hydrogen) atoms. The average Bonchev–Trinajstić information content (AvgIpc) is 2.38. The maximum atomic E-state index is 3.77. The third-order valence-electron chi connectivity index (χ3n) is 4.25. The van der Waals surface area contributed by atoms with Gasteiger partial charge >= 0.3 is 0 Å². The van der Waals surface area contributed by atoms with E-state index in [9.17, 15) is 0 Å². The van der Waals surface area contributed by atoms with Crippen molar-refractivity contribution in [3.63, 3.8) is 0 Å². The van der Waals surface area contributed by atoms with Crippen molar-refractivity contribution in [2.45, 2.75) is 72.4 Å². The van der Waals surface area contributed by atoms with Crippen molar-refractivity contribution in [3.8, 4) is 0 Å². The first kappa shape index (κ1) is 16.2. The van der Waals surface area contributed by atoms with Gasteiger partial charge in [-0.3, -0.25) is 0 Å².